The number of hydrogen-bond donors (Lipinski definition) is 2. The molecule has 9 heteroatoms. The number of carbonyl (C=O) groups excluding carboxylic acids is 2. The Morgan fingerprint density at radius 2 is 2.03 bits per heavy atom. The van der Waals surface area contributed by atoms with Crippen molar-refractivity contribution in [2.24, 2.45) is 5.92 Å². The average molecular weight is 419 g/mol. The molecule has 2 N–H and O–H groups in total. The molecule has 1 aliphatic heterocycles. The van der Waals surface area contributed by atoms with E-state index in [1.54, 1.807) is 36.8 Å². The van der Waals surface area contributed by atoms with Crippen LogP contribution in [0.15, 0.2) is 48.9 Å². The number of amides is 2. The Morgan fingerprint density at radius 3 is 2.81 bits per heavy atom. The molecule has 1 unspecified atom stereocenters. The summed E-state index contributed by atoms with van der Waals surface area (Å²) in [5.74, 6) is 1.11. The molecule has 2 amide bonds. The van der Waals surface area contributed by atoms with Crippen molar-refractivity contribution in [2.45, 2.75) is 19.4 Å². The molecule has 0 saturated carbocycles. The molecule has 3 aromatic heterocycles. The van der Waals surface area contributed by atoms with Gasteiger partial charge in [-0.3, -0.25) is 19.3 Å². The predicted molar refractivity (Wildman–Crippen MR) is 117 cm³/mol. The van der Waals surface area contributed by atoms with Crippen LogP contribution in [0.4, 0.5) is 11.6 Å². The molecule has 0 spiro atoms. The van der Waals surface area contributed by atoms with Gasteiger partial charge in [0.25, 0.3) is 11.8 Å². The molecule has 160 valence electrons. The third-order valence-corrected chi connectivity index (χ3v) is 5.33. The summed E-state index contributed by atoms with van der Waals surface area (Å²) in [4.78, 5) is 35.5. The number of nitrogens with one attached hydrogen (secondary N) is 2. The molecule has 0 aromatic carbocycles. The van der Waals surface area contributed by atoms with Crippen LogP contribution in [0, 0.1) is 5.92 Å². The van der Waals surface area contributed by atoms with E-state index in [1.165, 1.54) is 0 Å². The van der Waals surface area contributed by atoms with Crippen molar-refractivity contribution in [2.75, 3.05) is 30.9 Å². The number of anilines is 2. The van der Waals surface area contributed by atoms with Gasteiger partial charge in [0.15, 0.2) is 0 Å². The smallest absolute Gasteiger partial charge is 0.260 e. The summed E-state index contributed by atoms with van der Waals surface area (Å²) in [5, 5.41) is 10.2. The number of nitrogens with zero attached hydrogens (tertiary/aromatic N) is 5. The second-order valence-electron chi connectivity index (χ2n) is 7.77. The molecular weight excluding hydrogens is 394 g/mol. The molecule has 0 saturated heterocycles. The molecule has 1 atom stereocenters. The molecule has 0 bridgehead atoms. The van der Waals surface area contributed by atoms with Gasteiger partial charge in [0, 0.05) is 39.6 Å². The van der Waals surface area contributed by atoms with Gasteiger partial charge < -0.3 is 15.5 Å². The Balaban J connectivity index is 1.41. The van der Waals surface area contributed by atoms with E-state index in [2.05, 4.69) is 25.7 Å². The Morgan fingerprint density at radius 1 is 1.16 bits per heavy atom. The number of hydrogen-bond acceptors (Lipinski definition) is 6. The highest BCUT2D eigenvalue weighted by Crippen LogP contribution is 2.23. The predicted octanol–water partition coefficient (Wildman–Crippen LogP) is 1.98. The van der Waals surface area contributed by atoms with Gasteiger partial charge in [0.05, 0.1) is 23.0 Å². The van der Waals surface area contributed by atoms with Crippen LogP contribution in [0.25, 0.3) is 0 Å². The molecule has 4 rings (SSSR count). The summed E-state index contributed by atoms with van der Waals surface area (Å²) in [6.45, 7) is 1.25. The largest absolute Gasteiger partial charge is 0.363 e. The molecule has 31 heavy (non-hydrogen) atoms. The minimum atomic E-state index is -0.232. The molecule has 3 aromatic rings. The second-order valence-corrected chi connectivity index (χ2v) is 7.77. The van der Waals surface area contributed by atoms with Crippen LogP contribution in [0.1, 0.15) is 32.8 Å². The van der Waals surface area contributed by atoms with E-state index < -0.39 is 0 Å². The van der Waals surface area contributed by atoms with E-state index in [9.17, 15) is 9.59 Å². The van der Waals surface area contributed by atoms with E-state index in [1.807, 2.05) is 35.8 Å². The van der Waals surface area contributed by atoms with Gasteiger partial charge in [-0.25, -0.2) is 4.98 Å². The zero-order valence-corrected chi connectivity index (χ0v) is 17.6. The molecule has 1 aliphatic rings. The summed E-state index contributed by atoms with van der Waals surface area (Å²) in [6.07, 6.45) is 6.35. The quantitative estimate of drug-likeness (QED) is 0.633. The van der Waals surface area contributed by atoms with Gasteiger partial charge in [-0.2, -0.15) is 5.10 Å². The lowest BCUT2D eigenvalue weighted by Gasteiger charge is -2.24. The summed E-state index contributed by atoms with van der Waals surface area (Å²) in [5.41, 5.74) is 1.96. The highest BCUT2D eigenvalue weighted by Gasteiger charge is 2.26. The van der Waals surface area contributed by atoms with Crippen LogP contribution in [0.2, 0.25) is 0 Å². The fourth-order valence-electron chi connectivity index (χ4n) is 3.62. The standard InChI is InChI=1S/C22H25N7O2/c1-28(2)20-7-3-6-19(26-20)27-22(31)17-14-25-29-10-8-15(11-18(17)29)12-24-21(30)16-5-4-9-23-13-16/h3-7,9,13-15H,8,10-12H2,1-2H3,(H,24,30)(H,26,27,31). The van der Waals surface area contributed by atoms with Crippen LogP contribution >= 0.6 is 0 Å². The topological polar surface area (TPSA) is 105 Å². The van der Waals surface area contributed by atoms with Gasteiger partial charge in [0.1, 0.15) is 11.6 Å². The molecular formula is C22H25N7O2. The summed E-state index contributed by atoms with van der Waals surface area (Å²) in [7, 11) is 3.80. The zero-order chi connectivity index (χ0) is 21.8. The van der Waals surface area contributed by atoms with E-state index in [0.29, 0.717) is 36.5 Å². The van der Waals surface area contributed by atoms with Crippen molar-refractivity contribution in [3.8, 4) is 0 Å². The lowest BCUT2D eigenvalue weighted by atomic mass is 9.94. The Labute approximate surface area is 180 Å². The van der Waals surface area contributed by atoms with Crippen molar-refractivity contribution >= 4 is 23.5 Å². The van der Waals surface area contributed by atoms with Crippen LogP contribution in [-0.4, -0.2) is 52.2 Å². The third-order valence-electron chi connectivity index (χ3n) is 5.33. The normalized spacial score (nSPS) is 15.1. The second kappa shape index (κ2) is 8.95. The molecule has 4 heterocycles. The van der Waals surface area contributed by atoms with Crippen molar-refractivity contribution in [1.29, 1.82) is 0 Å². The van der Waals surface area contributed by atoms with Crippen LogP contribution in [-0.2, 0) is 13.0 Å². The highest BCUT2D eigenvalue weighted by atomic mass is 16.2. The molecule has 0 fully saturated rings. The lowest BCUT2D eigenvalue weighted by Crippen LogP contribution is -2.33. The monoisotopic (exact) mass is 419 g/mol. The maximum Gasteiger partial charge on any atom is 0.260 e. The summed E-state index contributed by atoms with van der Waals surface area (Å²) in [6, 6.07) is 8.97. The molecule has 0 radical (unpaired) electrons. The van der Waals surface area contributed by atoms with Crippen LogP contribution < -0.4 is 15.5 Å². The van der Waals surface area contributed by atoms with Crippen molar-refractivity contribution in [3.63, 3.8) is 0 Å². The molecule has 9 nitrogen and oxygen atoms in total. The van der Waals surface area contributed by atoms with Crippen LogP contribution in [0.5, 0.6) is 0 Å². The number of pyridine rings is 2. The van der Waals surface area contributed by atoms with Gasteiger partial charge in [-0.15, -0.1) is 0 Å². The van der Waals surface area contributed by atoms with Crippen LogP contribution in [0.3, 0.4) is 0 Å². The first-order valence-electron chi connectivity index (χ1n) is 10.2. The number of aromatic nitrogens is 4. The summed E-state index contributed by atoms with van der Waals surface area (Å²) < 4.78 is 1.87. The van der Waals surface area contributed by atoms with E-state index >= 15 is 0 Å². The first kappa shape index (κ1) is 20.5. The average Bonchev–Trinajstić information content (AvgIpc) is 3.21. The minimum absolute atomic E-state index is 0.142. The minimum Gasteiger partial charge on any atom is -0.363 e. The fourth-order valence-corrected chi connectivity index (χ4v) is 3.62. The van der Waals surface area contributed by atoms with E-state index in [4.69, 9.17) is 0 Å². The molecule has 0 aliphatic carbocycles. The Bertz CT molecular complexity index is 1080. The number of fused-ring (bicyclic) bond motifs is 1. The fraction of sp³-hybridized carbons (Fsp3) is 0.318. The Kier molecular flexibility index (Phi) is 5.92. The number of rotatable bonds is 6. The first-order valence-corrected chi connectivity index (χ1v) is 10.2. The van der Waals surface area contributed by atoms with Crippen molar-refractivity contribution in [1.82, 2.24) is 25.1 Å². The van der Waals surface area contributed by atoms with Gasteiger partial charge in [-0.05, 0) is 43.0 Å². The van der Waals surface area contributed by atoms with Crippen molar-refractivity contribution < 1.29 is 9.59 Å². The summed E-state index contributed by atoms with van der Waals surface area (Å²) >= 11 is 0. The maximum atomic E-state index is 12.9. The van der Waals surface area contributed by atoms with Gasteiger partial charge in [0.2, 0.25) is 0 Å². The number of carbonyl (C=O) groups is 2. The SMILES string of the molecule is CN(C)c1cccc(NC(=O)c2cnn3c2CC(CNC(=O)c2cccnc2)CC3)n1. The lowest BCUT2D eigenvalue weighted by molar-refractivity contribution is 0.0942. The zero-order valence-electron chi connectivity index (χ0n) is 17.6. The van der Waals surface area contributed by atoms with Crippen molar-refractivity contribution in [3.05, 3.63) is 65.7 Å². The Hall–Kier alpha value is -3.75. The van der Waals surface area contributed by atoms with E-state index in [-0.39, 0.29) is 17.7 Å². The van der Waals surface area contributed by atoms with E-state index in [0.717, 1.165) is 17.9 Å². The van der Waals surface area contributed by atoms with Gasteiger partial charge in [-0.1, -0.05) is 6.07 Å². The highest BCUT2D eigenvalue weighted by molar-refractivity contribution is 6.04. The first-order chi connectivity index (χ1) is 15.0. The number of aryl methyl sites for hydroxylation is 1. The maximum absolute atomic E-state index is 12.9. The third kappa shape index (κ3) is 4.71. The van der Waals surface area contributed by atoms with Gasteiger partial charge >= 0.3 is 0 Å².